The lowest BCUT2D eigenvalue weighted by Gasteiger charge is -2.11. The Hall–Kier alpha value is -2.19. The van der Waals surface area contributed by atoms with Crippen LogP contribution in [-0.4, -0.2) is 21.3 Å². The van der Waals surface area contributed by atoms with Gasteiger partial charge < -0.3 is 9.84 Å². The zero-order valence-electron chi connectivity index (χ0n) is 15.4. The molecule has 0 aliphatic rings. The minimum atomic E-state index is -0.490. The standard InChI is InChI=1S/C20H19BrFN3O2S/c1-3-13-4-6-14(7-5-13)19-24-18(27-25-19)11-28-12(2)20(26)23-17-9-8-15(21)10-16(17)22/h4-10,12H,3,11H2,1-2H3,(H,23,26)/t12-/m1/s1. The van der Waals surface area contributed by atoms with Crippen LogP contribution >= 0.6 is 27.7 Å². The van der Waals surface area contributed by atoms with Crippen molar-refractivity contribution in [1.82, 2.24) is 10.1 Å². The number of hydrogen-bond acceptors (Lipinski definition) is 5. The van der Waals surface area contributed by atoms with Gasteiger partial charge in [-0.15, -0.1) is 11.8 Å². The van der Waals surface area contributed by atoms with Gasteiger partial charge in [-0.05, 0) is 37.1 Å². The van der Waals surface area contributed by atoms with Crippen LogP contribution in [0.2, 0.25) is 0 Å². The largest absolute Gasteiger partial charge is 0.338 e. The average molecular weight is 464 g/mol. The van der Waals surface area contributed by atoms with E-state index in [0.29, 0.717) is 21.9 Å². The van der Waals surface area contributed by atoms with Gasteiger partial charge in [-0.25, -0.2) is 4.39 Å². The number of halogens is 2. The molecule has 0 bridgehead atoms. The van der Waals surface area contributed by atoms with Crippen LogP contribution in [0.1, 0.15) is 25.3 Å². The molecule has 0 aliphatic carbocycles. The summed E-state index contributed by atoms with van der Waals surface area (Å²) in [6, 6.07) is 12.5. The second kappa shape index (κ2) is 9.34. The van der Waals surface area contributed by atoms with Gasteiger partial charge in [-0.2, -0.15) is 4.98 Å². The fraction of sp³-hybridized carbons (Fsp3) is 0.250. The van der Waals surface area contributed by atoms with Gasteiger partial charge in [0.2, 0.25) is 17.6 Å². The topological polar surface area (TPSA) is 68.0 Å². The summed E-state index contributed by atoms with van der Waals surface area (Å²) in [7, 11) is 0. The number of carbonyl (C=O) groups excluding carboxylic acids is 1. The Balaban J connectivity index is 1.56. The van der Waals surface area contributed by atoms with E-state index in [0.717, 1.165) is 12.0 Å². The van der Waals surface area contributed by atoms with Crippen LogP contribution in [0.15, 0.2) is 51.5 Å². The summed E-state index contributed by atoms with van der Waals surface area (Å²) in [5.74, 6) is 0.565. The third-order valence-corrected chi connectivity index (χ3v) is 5.72. The van der Waals surface area contributed by atoms with Crippen molar-refractivity contribution in [2.75, 3.05) is 5.32 Å². The second-order valence-corrected chi connectivity index (χ2v) is 8.37. The summed E-state index contributed by atoms with van der Waals surface area (Å²) in [5, 5.41) is 6.18. The van der Waals surface area contributed by atoms with Crippen LogP contribution in [0.25, 0.3) is 11.4 Å². The first-order valence-corrected chi connectivity index (χ1v) is 10.6. The molecule has 0 spiro atoms. The van der Waals surface area contributed by atoms with Gasteiger partial charge in [0.25, 0.3) is 0 Å². The first-order valence-electron chi connectivity index (χ1n) is 8.75. The molecular formula is C20H19BrFN3O2S. The molecule has 0 fully saturated rings. The predicted octanol–water partition coefficient (Wildman–Crippen LogP) is 5.46. The Kier molecular flexibility index (Phi) is 6.85. The molecule has 146 valence electrons. The summed E-state index contributed by atoms with van der Waals surface area (Å²) in [5.41, 5.74) is 2.27. The minimum Gasteiger partial charge on any atom is -0.338 e. The van der Waals surface area contributed by atoms with Crippen LogP contribution in [0.4, 0.5) is 10.1 Å². The lowest BCUT2D eigenvalue weighted by molar-refractivity contribution is -0.115. The van der Waals surface area contributed by atoms with E-state index in [1.807, 2.05) is 24.3 Å². The van der Waals surface area contributed by atoms with Crippen molar-refractivity contribution in [3.63, 3.8) is 0 Å². The van der Waals surface area contributed by atoms with Crippen molar-refractivity contribution < 1.29 is 13.7 Å². The number of rotatable bonds is 7. The molecule has 1 amide bonds. The van der Waals surface area contributed by atoms with Gasteiger partial charge >= 0.3 is 0 Å². The Morgan fingerprint density at radius 2 is 2.04 bits per heavy atom. The number of thioether (sulfide) groups is 1. The molecule has 1 atom stereocenters. The quantitative estimate of drug-likeness (QED) is 0.503. The predicted molar refractivity (Wildman–Crippen MR) is 113 cm³/mol. The number of amides is 1. The molecule has 3 rings (SSSR count). The van der Waals surface area contributed by atoms with Crippen molar-refractivity contribution in [2.24, 2.45) is 0 Å². The molecular weight excluding hydrogens is 445 g/mol. The van der Waals surface area contributed by atoms with Gasteiger partial charge in [-0.1, -0.05) is 52.3 Å². The van der Waals surface area contributed by atoms with Crippen LogP contribution in [0, 0.1) is 5.82 Å². The van der Waals surface area contributed by atoms with Gasteiger partial charge in [0.15, 0.2) is 0 Å². The van der Waals surface area contributed by atoms with Crippen molar-refractivity contribution in [3.8, 4) is 11.4 Å². The van der Waals surface area contributed by atoms with E-state index in [2.05, 4.69) is 38.3 Å². The SMILES string of the molecule is CCc1ccc(-c2noc(CS[C@H](C)C(=O)Nc3ccc(Br)cc3F)n2)cc1. The summed E-state index contributed by atoms with van der Waals surface area (Å²) in [6.07, 6.45) is 0.971. The first-order chi connectivity index (χ1) is 13.5. The number of aryl methyl sites for hydroxylation is 1. The maximum absolute atomic E-state index is 13.9. The summed E-state index contributed by atoms with van der Waals surface area (Å²) in [4.78, 5) is 16.7. The second-order valence-electron chi connectivity index (χ2n) is 6.13. The zero-order chi connectivity index (χ0) is 20.1. The normalized spacial score (nSPS) is 12.0. The Morgan fingerprint density at radius 1 is 1.29 bits per heavy atom. The van der Waals surface area contributed by atoms with E-state index in [1.165, 1.54) is 29.5 Å². The Labute approximate surface area is 175 Å². The fourth-order valence-corrected chi connectivity index (χ4v) is 3.47. The molecule has 0 unspecified atom stereocenters. The lowest BCUT2D eigenvalue weighted by atomic mass is 10.1. The number of benzene rings is 2. The molecule has 1 N–H and O–H groups in total. The number of anilines is 1. The first kappa shape index (κ1) is 20.5. The van der Waals surface area contributed by atoms with Crippen LogP contribution in [0.5, 0.6) is 0 Å². The third-order valence-electron chi connectivity index (χ3n) is 4.10. The molecule has 0 radical (unpaired) electrons. The zero-order valence-corrected chi connectivity index (χ0v) is 17.8. The monoisotopic (exact) mass is 463 g/mol. The minimum absolute atomic E-state index is 0.149. The van der Waals surface area contributed by atoms with E-state index in [9.17, 15) is 9.18 Å². The number of carbonyl (C=O) groups is 1. The molecule has 5 nitrogen and oxygen atoms in total. The van der Waals surface area contributed by atoms with Crippen molar-refractivity contribution in [3.05, 3.63) is 64.2 Å². The molecule has 1 heterocycles. The number of aromatic nitrogens is 2. The smallest absolute Gasteiger partial charge is 0.237 e. The van der Waals surface area contributed by atoms with Gasteiger partial charge in [0.1, 0.15) is 5.82 Å². The molecule has 1 aromatic heterocycles. The molecule has 2 aromatic carbocycles. The number of nitrogens with zero attached hydrogens (tertiary/aromatic N) is 2. The summed E-state index contributed by atoms with van der Waals surface area (Å²) >= 11 is 4.53. The highest BCUT2D eigenvalue weighted by Gasteiger charge is 2.17. The van der Waals surface area contributed by atoms with Gasteiger partial charge in [0, 0.05) is 10.0 Å². The van der Waals surface area contributed by atoms with Crippen LogP contribution in [0.3, 0.4) is 0 Å². The summed E-state index contributed by atoms with van der Waals surface area (Å²) in [6.45, 7) is 3.85. The van der Waals surface area contributed by atoms with Crippen molar-refractivity contribution in [2.45, 2.75) is 31.3 Å². The highest BCUT2D eigenvalue weighted by molar-refractivity contribution is 9.10. The molecule has 3 aromatic rings. The highest BCUT2D eigenvalue weighted by Crippen LogP contribution is 2.23. The maximum Gasteiger partial charge on any atom is 0.237 e. The van der Waals surface area contributed by atoms with Crippen molar-refractivity contribution in [1.29, 1.82) is 0 Å². The van der Waals surface area contributed by atoms with E-state index in [1.54, 1.807) is 13.0 Å². The van der Waals surface area contributed by atoms with Crippen molar-refractivity contribution >= 4 is 39.3 Å². The Morgan fingerprint density at radius 3 is 2.71 bits per heavy atom. The van der Waals surface area contributed by atoms with E-state index in [4.69, 9.17) is 4.52 Å². The average Bonchev–Trinajstić information content (AvgIpc) is 3.17. The number of hydrogen-bond donors (Lipinski definition) is 1. The third kappa shape index (κ3) is 5.20. The molecule has 28 heavy (non-hydrogen) atoms. The molecule has 0 saturated heterocycles. The fourth-order valence-electron chi connectivity index (χ4n) is 2.42. The molecule has 0 saturated carbocycles. The van der Waals surface area contributed by atoms with Gasteiger partial charge in [-0.3, -0.25) is 4.79 Å². The molecule has 8 heteroatoms. The van der Waals surface area contributed by atoms with E-state index < -0.39 is 11.1 Å². The lowest BCUT2D eigenvalue weighted by Crippen LogP contribution is -2.23. The van der Waals surface area contributed by atoms with Crippen LogP contribution in [-0.2, 0) is 17.0 Å². The summed E-state index contributed by atoms with van der Waals surface area (Å²) < 4.78 is 19.7. The van der Waals surface area contributed by atoms with E-state index in [-0.39, 0.29) is 11.6 Å². The van der Waals surface area contributed by atoms with E-state index >= 15 is 0 Å². The maximum atomic E-state index is 13.9. The number of nitrogens with one attached hydrogen (secondary N) is 1. The van der Waals surface area contributed by atoms with Gasteiger partial charge in [0.05, 0.1) is 16.7 Å². The molecule has 0 aliphatic heterocycles. The van der Waals surface area contributed by atoms with Crippen LogP contribution < -0.4 is 5.32 Å². The Bertz CT molecular complexity index is 962. The highest BCUT2D eigenvalue weighted by atomic mass is 79.9.